The Kier molecular flexibility index (Phi) is 5.48. The number of fused-ring (bicyclic) bond motifs is 3. The van der Waals surface area contributed by atoms with Crippen LogP contribution in [0.25, 0.3) is 16.7 Å². The van der Waals surface area contributed by atoms with Crippen molar-refractivity contribution in [2.24, 2.45) is 0 Å². The maximum absolute atomic E-state index is 13.4. The van der Waals surface area contributed by atoms with Crippen molar-refractivity contribution in [1.82, 2.24) is 19.6 Å². The van der Waals surface area contributed by atoms with Crippen LogP contribution in [0.3, 0.4) is 0 Å². The van der Waals surface area contributed by atoms with Crippen molar-refractivity contribution in [3.63, 3.8) is 0 Å². The first-order valence-corrected chi connectivity index (χ1v) is 9.16. The maximum atomic E-state index is 13.4. The first-order chi connectivity index (χ1) is 11.7. The Morgan fingerprint density at radius 3 is 2.32 bits per heavy atom. The van der Waals surface area contributed by atoms with E-state index < -0.39 is 21.8 Å². The van der Waals surface area contributed by atoms with Gasteiger partial charge in [0, 0.05) is 25.2 Å². The van der Waals surface area contributed by atoms with E-state index in [0.717, 1.165) is 25.2 Å². The summed E-state index contributed by atoms with van der Waals surface area (Å²) in [5.74, 6) is -1.21. The summed E-state index contributed by atoms with van der Waals surface area (Å²) in [7, 11) is -3.67. The van der Waals surface area contributed by atoms with Crippen LogP contribution in [0.5, 0.6) is 0 Å². The van der Waals surface area contributed by atoms with Crippen LogP contribution in [0.4, 0.5) is 14.6 Å². The lowest BCUT2D eigenvalue weighted by molar-refractivity contribution is 0.490. The second-order valence-corrected chi connectivity index (χ2v) is 6.59. The summed E-state index contributed by atoms with van der Waals surface area (Å²) in [6.45, 7) is 5.46. The van der Waals surface area contributed by atoms with E-state index in [1.165, 1.54) is 6.33 Å². The zero-order chi connectivity index (χ0) is 18.8. The van der Waals surface area contributed by atoms with Gasteiger partial charge in [-0.15, -0.1) is 10.2 Å². The fourth-order valence-electron chi connectivity index (χ4n) is 2.27. The molecule has 2 heterocycles. The molecule has 25 heavy (non-hydrogen) atoms. The molecule has 0 bridgehead atoms. The number of halogens is 2. The van der Waals surface area contributed by atoms with Gasteiger partial charge in [0.25, 0.3) is 10.1 Å². The third kappa shape index (κ3) is 4.37. The molecule has 3 rings (SSSR count). The normalized spacial score (nSPS) is 11.4. The van der Waals surface area contributed by atoms with Gasteiger partial charge < -0.3 is 4.90 Å². The number of nitrogens with zero attached hydrogens (tertiary/aromatic N) is 5. The number of rotatable bonds is 3. The van der Waals surface area contributed by atoms with Crippen LogP contribution in [-0.2, 0) is 10.1 Å². The molecule has 0 spiro atoms. The average molecular weight is 373 g/mol. The van der Waals surface area contributed by atoms with Gasteiger partial charge in [0.15, 0.2) is 17.5 Å². The molecular formula is C14H17F2N5O3S. The maximum Gasteiger partial charge on any atom is 0.261 e. The Morgan fingerprint density at radius 2 is 1.76 bits per heavy atom. The number of hydrogen-bond donors (Lipinski definition) is 1. The van der Waals surface area contributed by atoms with E-state index in [2.05, 4.69) is 15.2 Å². The highest BCUT2D eigenvalue weighted by Gasteiger charge is 2.16. The minimum absolute atomic E-state index is 0.373. The van der Waals surface area contributed by atoms with Crippen LogP contribution in [0.2, 0.25) is 0 Å². The van der Waals surface area contributed by atoms with Gasteiger partial charge in [0.05, 0.1) is 17.3 Å². The third-order valence-corrected chi connectivity index (χ3v) is 3.31. The average Bonchev–Trinajstić information content (AvgIpc) is 2.98. The van der Waals surface area contributed by atoms with Gasteiger partial charge in [0.1, 0.15) is 6.33 Å². The highest BCUT2D eigenvalue weighted by Crippen LogP contribution is 2.24. The lowest BCUT2D eigenvalue weighted by Gasteiger charge is -2.20. The second kappa shape index (κ2) is 7.23. The lowest BCUT2D eigenvalue weighted by atomic mass is 10.2. The molecule has 0 aliphatic heterocycles. The van der Waals surface area contributed by atoms with Crippen molar-refractivity contribution in [2.45, 2.75) is 13.8 Å². The fourth-order valence-corrected chi connectivity index (χ4v) is 2.27. The number of hydrogen-bond acceptors (Lipinski definition) is 6. The van der Waals surface area contributed by atoms with E-state index in [1.54, 1.807) is 4.40 Å². The molecule has 0 aliphatic rings. The molecule has 0 radical (unpaired) electrons. The first kappa shape index (κ1) is 18.9. The Labute approximate surface area is 142 Å². The number of aromatic nitrogens is 4. The monoisotopic (exact) mass is 373 g/mol. The van der Waals surface area contributed by atoms with Gasteiger partial charge >= 0.3 is 0 Å². The van der Waals surface area contributed by atoms with E-state index in [9.17, 15) is 17.2 Å². The minimum atomic E-state index is -3.67. The van der Waals surface area contributed by atoms with Crippen molar-refractivity contribution in [3.05, 3.63) is 30.1 Å². The summed E-state index contributed by atoms with van der Waals surface area (Å²) in [5, 5.41) is 7.88. The van der Waals surface area contributed by atoms with Crippen molar-refractivity contribution >= 4 is 32.6 Å². The molecule has 11 heteroatoms. The van der Waals surface area contributed by atoms with Crippen LogP contribution in [0, 0.1) is 11.6 Å². The van der Waals surface area contributed by atoms with E-state index >= 15 is 0 Å². The van der Waals surface area contributed by atoms with Crippen molar-refractivity contribution in [1.29, 1.82) is 0 Å². The van der Waals surface area contributed by atoms with Crippen LogP contribution >= 0.6 is 0 Å². The summed E-state index contributed by atoms with van der Waals surface area (Å²) in [5.41, 5.74) is 1.35. The molecule has 1 N–H and O–H groups in total. The molecule has 8 nitrogen and oxygen atoms in total. The smallest absolute Gasteiger partial charge is 0.261 e. The van der Waals surface area contributed by atoms with E-state index in [1.807, 2.05) is 18.7 Å². The molecule has 0 fully saturated rings. The Balaban J connectivity index is 0.000000399. The number of benzene rings is 1. The molecule has 0 aliphatic carbocycles. The van der Waals surface area contributed by atoms with Gasteiger partial charge in [-0.1, -0.05) is 0 Å². The number of anilines is 1. The Hall–Kier alpha value is -2.40. The predicted octanol–water partition coefficient (Wildman–Crippen LogP) is 1.91. The Morgan fingerprint density at radius 1 is 1.20 bits per heavy atom. The SMILES string of the molecule is CCN(CC)c1nc2cc(F)c(F)cc2n2cnnc12.CS(=O)(=O)O. The summed E-state index contributed by atoms with van der Waals surface area (Å²) >= 11 is 0. The molecule has 0 saturated carbocycles. The molecule has 3 aromatic rings. The van der Waals surface area contributed by atoms with E-state index in [0.29, 0.717) is 28.8 Å². The van der Waals surface area contributed by atoms with Gasteiger partial charge in [-0.3, -0.25) is 8.95 Å². The topological polar surface area (TPSA) is 101 Å². The summed E-state index contributed by atoms with van der Waals surface area (Å²) in [6.07, 6.45) is 2.19. The third-order valence-electron chi connectivity index (χ3n) is 3.31. The molecular weight excluding hydrogens is 356 g/mol. The first-order valence-electron chi connectivity index (χ1n) is 7.31. The Bertz CT molecular complexity index is 995. The molecule has 136 valence electrons. The highest BCUT2D eigenvalue weighted by atomic mass is 32.2. The predicted molar refractivity (Wildman–Crippen MR) is 89.2 cm³/mol. The summed E-state index contributed by atoms with van der Waals surface area (Å²) in [6, 6.07) is 2.21. The lowest BCUT2D eigenvalue weighted by Crippen LogP contribution is -2.24. The molecule has 0 amide bonds. The molecule has 0 unspecified atom stereocenters. The molecule has 2 aromatic heterocycles. The quantitative estimate of drug-likeness (QED) is 0.700. The highest BCUT2D eigenvalue weighted by molar-refractivity contribution is 7.85. The van der Waals surface area contributed by atoms with Gasteiger partial charge in [-0.05, 0) is 13.8 Å². The van der Waals surface area contributed by atoms with Crippen LogP contribution in [0.1, 0.15) is 13.8 Å². The van der Waals surface area contributed by atoms with Crippen molar-refractivity contribution in [3.8, 4) is 0 Å². The van der Waals surface area contributed by atoms with Gasteiger partial charge in [0.2, 0.25) is 5.65 Å². The molecule has 0 atom stereocenters. The molecule has 1 aromatic carbocycles. The van der Waals surface area contributed by atoms with Crippen LogP contribution in [0.15, 0.2) is 18.5 Å². The van der Waals surface area contributed by atoms with Crippen LogP contribution in [-0.4, -0.2) is 51.9 Å². The fraction of sp³-hybridized carbons (Fsp3) is 0.357. The summed E-state index contributed by atoms with van der Waals surface area (Å²) < 4.78 is 54.3. The largest absolute Gasteiger partial charge is 0.354 e. The van der Waals surface area contributed by atoms with Gasteiger partial charge in [-0.2, -0.15) is 8.42 Å². The second-order valence-electron chi connectivity index (χ2n) is 5.12. The molecule has 0 saturated heterocycles. The zero-order valence-corrected chi connectivity index (χ0v) is 14.6. The summed E-state index contributed by atoms with van der Waals surface area (Å²) in [4.78, 5) is 6.41. The standard InChI is InChI=1S/C13H13F2N5.CH4O3S/c1-3-19(4-2)12-13-18-16-7-20(13)11-6-9(15)8(14)5-10(11)17-12;1-5(2,3)4/h5-7H,3-4H2,1-2H3;1H3,(H,2,3,4). The van der Waals surface area contributed by atoms with E-state index in [-0.39, 0.29) is 0 Å². The minimum Gasteiger partial charge on any atom is -0.354 e. The van der Waals surface area contributed by atoms with Gasteiger partial charge in [-0.25, -0.2) is 13.8 Å². The van der Waals surface area contributed by atoms with E-state index in [4.69, 9.17) is 4.55 Å². The zero-order valence-electron chi connectivity index (χ0n) is 13.8. The van der Waals surface area contributed by atoms with Crippen LogP contribution < -0.4 is 4.90 Å². The van der Waals surface area contributed by atoms with Crippen molar-refractivity contribution < 1.29 is 21.8 Å². The van der Waals surface area contributed by atoms with Crippen molar-refractivity contribution in [2.75, 3.05) is 24.2 Å².